The van der Waals surface area contributed by atoms with Crippen molar-refractivity contribution in [2.75, 3.05) is 26.2 Å². The predicted octanol–water partition coefficient (Wildman–Crippen LogP) is 2.98. The summed E-state index contributed by atoms with van der Waals surface area (Å²) in [6, 6.07) is 4.02. The van der Waals surface area contributed by atoms with Gasteiger partial charge in [0.25, 0.3) is 0 Å². The van der Waals surface area contributed by atoms with Crippen LogP contribution in [0.2, 0.25) is 0 Å². The first-order valence-corrected chi connectivity index (χ1v) is 7.11. The molecule has 1 heterocycles. The number of ether oxygens (including phenoxy) is 1. The molecule has 2 rings (SSSR count). The zero-order chi connectivity index (χ0) is 13.8. The highest BCUT2D eigenvalue weighted by Gasteiger charge is 2.20. The topological polar surface area (TPSA) is 29.5 Å². The van der Waals surface area contributed by atoms with Crippen molar-refractivity contribution < 1.29 is 9.53 Å². The fraction of sp³-hybridized carbons (Fsp3) is 0.562. The van der Waals surface area contributed by atoms with E-state index < -0.39 is 0 Å². The van der Waals surface area contributed by atoms with Crippen LogP contribution in [0.25, 0.3) is 0 Å². The van der Waals surface area contributed by atoms with Gasteiger partial charge in [0.1, 0.15) is 5.75 Å². The molecule has 0 radical (unpaired) electrons. The van der Waals surface area contributed by atoms with Gasteiger partial charge in [-0.15, -0.1) is 0 Å². The fourth-order valence-corrected chi connectivity index (χ4v) is 2.73. The maximum atomic E-state index is 12.5. The average molecular weight is 261 g/mol. The van der Waals surface area contributed by atoms with Crippen LogP contribution in [0.4, 0.5) is 0 Å². The molecule has 0 bridgehead atoms. The lowest BCUT2D eigenvalue weighted by Crippen LogP contribution is -2.27. The van der Waals surface area contributed by atoms with Gasteiger partial charge in [-0.05, 0) is 63.9 Å². The Hall–Kier alpha value is -1.35. The van der Waals surface area contributed by atoms with Gasteiger partial charge in [0.15, 0.2) is 5.78 Å². The Bertz CT molecular complexity index is 462. The average Bonchev–Trinajstić information content (AvgIpc) is 2.85. The van der Waals surface area contributed by atoms with E-state index in [4.69, 9.17) is 4.74 Å². The van der Waals surface area contributed by atoms with E-state index >= 15 is 0 Å². The summed E-state index contributed by atoms with van der Waals surface area (Å²) in [6.45, 7) is 9.17. The molecule has 1 saturated heterocycles. The minimum atomic E-state index is 0.178. The number of benzene rings is 1. The number of likely N-dealkylation sites (tertiary alicyclic amines) is 1. The smallest absolute Gasteiger partial charge is 0.180 e. The number of carbonyl (C=O) groups is 1. The monoisotopic (exact) mass is 261 g/mol. The minimum absolute atomic E-state index is 0.178. The van der Waals surface area contributed by atoms with Crippen molar-refractivity contribution in [3.05, 3.63) is 28.8 Å². The standard InChI is InChI=1S/C16H23NO2/c1-4-19-16-13(3)9-12(2)10-14(16)15(18)11-17-7-5-6-8-17/h9-10H,4-8,11H2,1-3H3. The number of rotatable bonds is 5. The van der Waals surface area contributed by atoms with Crippen LogP contribution in [-0.2, 0) is 0 Å². The largest absolute Gasteiger partial charge is 0.493 e. The van der Waals surface area contributed by atoms with Crippen molar-refractivity contribution in [1.29, 1.82) is 0 Å². The zero-order valence-electron chi connectivity index (χ0n) is 12.2. The third kappa shape index (κ3) is 3.35. The number of hydrogen-bond acceptors (Lipinski definition) is 3. The molecule has 1 aliphatic heterocycles. The van der Waals surface area contributed by atoms with E-state index in [1.165, 1.54) is 12.8 Å². The highest BCUT2D eigenvalue weighted by molar-refractivity contribution is 6.00. The number of aryl methyl sites for hydroxylation is 2. The number of Topliss-reactive ketones (excluding diaryl/α,β-unsaturated/α-hetero) is 1. The molecule has 3 nitrogen and oxygen atoms in total. The summed E-state index contributed by atoms with van der Waals surface area (Å²) in [5, 5.41) is 0. The third-order valence-electron chi connectivity index (χ3n) is 3.57. The van der Waals surface area contributed by atoms with Crippen molar-refractivity contribution >= 4 is 5.78 Å². The van der Waals surface area contributed by atoms with E-state index in [1.807, 2.05) is 26.8 Å². The molecule has 0 unspecified atom stereocenters. The summed E-state index contributed by atoms with van der Waals surface area (Å²) >= 11 is 0. The van der Waals surface area contributed by atoms with Gasteiger partial charge >= 0.3 is 0 Å². The molecule has 104 valence electrons. The first-order valence-electron chi connectivity index (χ1n) is 7.11. The third-order valence-corrected chi connectivity index (χ3v) is 3.57. The molecule has 19 heavy (non-hydrogen) atoms. The Morgan fingerprint density at radius 2 is 1.95 bits per heavy atom. The molecule has 0 saturated carbocycles. The summed E-state index contributed by atoms with van der Waals surface area (Å²) in [6.07, 6.45) is 2.41. The molecule has 1 fully saturated rings. The van der Waals surface area contributed by atoms with E-state index in [0.717, 1.165) is 35.5 Å². The van der Waals surface area contributed by atoms with Gasteiger partial charge in [0.2, 0.25) is 0 Å². The Morgan fingerprint density at radius 3 is 2.58 bits per heavy atom. The summed E-state index contributed by atoms with van der Waals surface area (Å²) in [7, 11) is 0. The molecule has 1 aromatic carbocycles. The van der Waals surface area contributed by atoms with E-state index in [2.05, 4.69) is 11.0 Å². The highest BCUT2D eigenvalue weighted by atomic mass is 16.5. The van der Waals surface area contributed by atoms with Gasteiger partial charge in [-0.2, -0.15) is 0 Å². The van der Waals surface area contributed by atoms with E-state index in [1.54, 1.807) is 0 Å². The maximum Gasteiger partial charge on any atom is 0.180 e. The van der Waals surface area contributed by atoms with Crippen LogP contribution >= 0.6 is 0 Å². The Balaban J connectivity index is 2.23. The highest BCUT2D eigenvalue weighted by Crippen LogP contribution is 2.26. The summed E-state index contributed by atoms with van der Waals surface area (Å²) in [5.74, 6) is 0.939. The van der Waals surface area contributed by atoms with Crippen LogP contribution in [0.5, 0.6) is 5.75 Å². The van der Waals surface area contributed by atoms with Gasteiger partial charge in [0, 0.05) is 0 Å². The molecule has 0 aromatic heterocycles. The van der Waals surface area contributed by atoms with Crippen molar-refractivity contribution in [3.8, 4) is 5.75 Å². The first-order chi connectivity index (χ1) is 9.11. The van der Waals surface area contributed by atoms with Crippen molar-refractivity contribution in [2.24, 2.45) is 0 Å². The number of hydrogen-bond donors (Lipinski definition) is 0. The molecule has 0 atom stereocenters. The lowest BCUT2D eigenvalue weighted by atomic mass is 10.0. The molecule has 1 aromatic rings. The molecule has 3 heteroatoms. The Kier molecular flexibility index (Phi) is 4.59. The van der Waals surface area contributed by atoms with Crippen LogP contribution in [0.1, 0.15) is 41.3 Å². The van der Waals surface area contributed by atoms with Crippen molar-refractivity contribution in [3.63, 3.8) is 0 Å². The number of nitrogens with zero attached hydrogens (tertiary/aromatic N) is 1. The molecule has 0 N–H and O–H groups in total. The molecular weight excluding hydrogens is 238 g/mol. The quantitative estimate of drug-likeness (QED) is 0.763. The van der Waals surface area contributed by atoms with Crippen molar-refractivity contribution in [1.82, 2.24) is 4.90 Å². The van der Waals surface area contributed by atoms with E-state index in [9.17, 15) is 4.79 Å². The molecule has 0 spiro atoms. The van der Waals surface area contributed by atoms with E-state index in [-0.39, 0.29) is 5.78 Å². The van der Waals surface area contributed by atoms with Crippen LogP contribution < -0.4 is 4.74 Å². The zero-order valence-corrected chi connectivity index (χ0v) is 12.2. The maximum absolute atomic E-state index is 12.5. The van der Waals surface area contributed by atoms with Crippen molar-refractivity contribution in [2.45, 2.75) is 33.6 Å². The van der Waals surface area contributed by atoms with Gasteiger partial charge in [0.05, 0.1) is 18.7 Å². The van der Waals surface area contributed by atoms with Crippen LogP contribution in [-0.4, -0.2) is 36.9 Å². The second-order valence-electron chi connectivity index (χ2n) is 5.30. The minimum Gasteiger partial charge on any atom is -0.493 e. The Labute approximate surface area is 115 Å². The predicted molar refractivity (Wildman–Crippen MR) is 77.1 cm³/mol. The lowest BCUT2D eigenvalue weighted by molar-refractivity contribution is 0.0941. The van der Waals surface area contributed by atoms with Gasteiger partial charge in [-0.3, -0.25) is 9.69 Å². The van der Waals surface area contributed by atoms with Gasteiger partial charge < -0.3 is 4.74 Å². The molecule has 1 aliphatic rings. The lowest BCUT2D eigenvalue weighted by Gasteiger charge is -2.17. The first kappa shape index (κ1) is 14.1. The van der Waals surface area contributed by atoms with Crippen LogP contribution in [0, 0.1) is 13.8 Å². The van der Waals surface area contributed by atoms with Crippen LogP contribution in [0.3, 0.4) is 0 Å². The fourth-order valence-electron chi connectivity index (χ4n) is 2.73. The summed E-state index contributed by atoms with van der Waals surface area (Å²) in [4.78, 5) is 14.7. The second-order valence-corrected chi connectivity index (χ2v) is 5.30. The molecule has 0 amide bonds. The summed E-state index contributed by atoms with van der Waals surface area (Å²) in [5.41, 5.74) is 2.91. The Morgan fingerprint density at radius 1 is 1.26 bits per heavy atom. The number of carbonyl (C=O) groups excluding carboxylic acids is 1. The normalized spacial score (nSPS) is 15.7. The summed E-state index contributed by atoms with van der Waals surface area (Å²) < 4.78 is 5.67. The second kappa shape index (κ2) is 6.20. The van der Waals surface area contributed by atoms with Gasteiger partial charge in [-0.25, -0.2) is 0 Å². The number of ketones is 1. The van der Waals surface area contributed by atoms with E-state index in [0.29, 0.717) is 13.2 Å². The SMILES string of the molecule is CCOc1c(C)cc(C)cc1C(=O)CN1CCCC1. The van der Waals surface area contributed by atoms with Crippen LogP contribution in [0.15, 0.2) is 12.1 Å². The van der Waals surface area contributed by atoms with Gasteiger partial charge in [-0.1, -0.05) is 6.07 Å². The molecule has 0 aliphatic carbocycles. The molecular formula is C16H23NO2.